The van der Waals surface area contributed by atoms with Crippen LogP contribution in [0.1, 0.15) is 0 Å². The molecular formula is C12H11N9O9S3-2. The molecule has 1 heterocycles. The van der Waals surface area contributed by atoms with Crippen LogP contribution in [-0.4, -0.2) is 59.0 Å². The van der Waals surface area contributed by atoms with E-state index in [2.05, 4.69) is 15.0 Å². The van der Waals surface area contributed by atoms with Crippen LogP contribution in [-0.2, 0) is 32.6 Å². The molecule has 0 radical (unpaired) electrons. The highest BCUT2D eigenvalue weighted by atomic mass is 32.2. The number of nitrogens with one attached hydrogen (secondary N) is 6. The van der Waals surface area contributed by atoms with Crippen LogP contribution in [0.25, 0.3) is 0 Å². The van der Waals surface area contributed by atoms with Gasteiger partial charge in [0.05, 0.1) is 4.90 Å². The number of urea groups is 3. The van der Waals surface area contributed by atoms with Gasteiger partial charge in [-0.1, -0.05) is 18.2 Å². The van der Waals surface area contributed by atoms with E-state index in [-0.39, 0.29) is 4.90 Å². The van der Waals surface area contributed by atoms with Gasteiger partial charge in [0, 0.05) is 22.5 Å². The number of aromatic nitrogens is 3. The van der Waals surface area contributed by atoms with Crippen molar-refractivity contribution >= 4 is 68.5 Å². The number of hydrogen-bond acceptors (Lipinski definition) is 12. The number of sulfonamides is 1. The fraction of sp³-hybridized carbons (Fsp3) is 0. The lowest BCUT2D eigenvalue weighted by atomic mass is 10.4. The van der Waals surface area contributed by atoms with Crippen LogP contribution >= 0.6 is 0 Å². The molecule has 0 aliphatic carbocycles. The Morgan fingerprint density at radius 3 is 1.52 bits per heavy atom. The Kier molecular flexibility index (Phi) is 8.63. The van der Waals surface area contributed by atoms with E-state index in [1.54, 1.807) is 10.8 Å². The Hall–Kier alpha value is -3.79. The van der Waals surface area contributed by atoms with E-state index >= 15 is 0 Å². The summed E-state index contributed by atoms with van der Waals surface area (Å²) in [7, 11) is -4.29. The standard InChI is InChI=1S/C12H13N9O9S3/c22-10(19-31(25)26)16-7-13-8(17-11(23)20-32(27)28)15-9(14-7)18-12(24)21-33(29,30)6-4-2-1-3-5-6/h1-5H,(H,25,26)(H,27,28)(H6,13,14,15,16,17,18,19,20,21,22,23,24)/p-2. The molecule has 33 heavy (non-hydrogen) atoms. The fourth-order valence-corrected chi connectivity index (χ4v) is 3.19. The molecule has 1 aromatic carbocycles. The van der Waals surface area contributed by atoms with Crippen LogP contribution in [0, 0.1) is 0 Å². The Balaban J connectivity index is 2.24. The number of nitrogens with zero attached hydrogens (tertiary/aromatic N) is 3. The van der Waals surface area contributed by atoms with Gasteiger partial charge >= 0.3 is 18.1 Å². The summed E-state index contributed by atoms with van der Waals surface area (Å²) in [6, 6.07) is 2.71. The molecule has 2 atom stereocenters. The fourth-order valence-electron chi connectivity index (χ4n) is 1.86. The maximum atomic E-state index is 12.2. The first kappa shape index (κ1) is 25.5. The average Bonchev–Trinajstić information content (AvgIpc) is 2.66. The lowest BCUT2D eigenvalue weighted by Crippen LogP contribution is -2.35. The minimum Gasteiger partial charge on any atom is -0.755 e. The summed E-state index contributed by atoms with van der Waals surface area (Å²) in [6.45, 7) is 0. The largest absolute Gasteiger partial charge is 0.755 e. The zero-order valence-corrected chi connectivity index (χ0v) is 18.1. The van der Waals surface area contributed by atoms with E-state index < -0.39 is 68.5 Å². The molecule has 0 saturated carbocycles. The van der Waals surface area contributed by atoms with E-state index in [4.69, 9.17) is 0 Å². The molecule has 18 nitrogen and oxygen atoms in total. The van der Waals surface area contributed by atoms with Crippen molar-refractivity contribution in [2.75, 3.05) is 16.0 Å². The highest BCUT2D eigenvalue weighted by Gasteiger charge is 2.19. The van der Waals surface area contributed by atoms with E-state index in [0.29, 0.717) is 0 Å². The lowest BCUT2D eigenvalue weighted by molar-refractivity contribution is 0.255. The zero-order valence-electron chi connectivity index (χ0n) is 15.6. The van der Waals surface area contributed by atoms with Crippen LogP contribution in [0.15, 0.2) is 35.2 Å². The summed E-state index contributed by atoms with van der Waals surface area (Å²) < 4.78 is 70.8. The highest BCUT2D eigenvalue weighted by Crippen LogP contribution is 2.11. The molecule has 0 saturated heterocycles. The van der Waals surface area contributed by atoms with Crippen molar-refractivity contribution in [3.63, 3.8) is 0 Å². The van der Waals surface area contributed by atoms with Gasteiger partial charge in [0.15, 0.2) is 0 Å². The van der Waals surface area contributed by atoms with E-state index in [0.717, 1.165) is 0 Å². The quantitative estimate of drug-likeness (QED) is 0.220. The van der Waals surface area contributed by atoms with Crippen molar-refractivity contribution in [2.24, 2.45) is 0 Å². The third-order valence-corrected chi connectivity index (χ3v) is 5.00. The number of hydrogen-bond donors (Lipinski definition) is 6. The van der Waals surface area contributed by atoms with Crippen molar-refractivity contribution in [3.8, 4) is 0 Å². The van der Waals surface area contributed by atoms with Gasteiger partial charge in [-0.15, -0.1) is 0 Å². The first-order valence-electron chi connectivity index (χ1n) is 7.93. The molecule has 0 spiro atoms. The molecule has 2 rings (SSSR count). The molecular weight excluding hydrogens is 510 g/mol. The lowest BCUT2D eigenvalue weighted by Gasteiger charge is -2.12. The number of amides is 6. The second-order valence-corrected chi connectivity index (χ2v) is 8.29. The van der Waals surface area contributed by atoms with Crippen LogP contribution in [0.4, 0.5) is 32.2 Å². The molecule has 0 fully saturated rings. The minimum absolute atomic E-state index is 0.245. The second-order valence-electron chi connectivity index (χ2n) is 5.26. The van der Waals surface area contributed by atoms with Gasteiger partial charge < -0.3 is 9.11 Å². The van der Waals surface area contributed by atoms with Crippen molar-refractivity contribution in [1.82, 2.24) is 29.1 Å². The Morgan fingerprint density at radius 2 is 1.12 bits per heavy atom. The normalized spacial score (nSPS) is 12.5. The third kappa shape index (κ3) is 8.69. The predicted octanol–water partition coefficient (Wildman–Crippen LogP) is -1.79. The van der Waals surface area contributed by atoms with E-state index in [1.807, 2.05) is 16.0 Å². The molecule has 0 aliphatic rings. The monoisotopic (exact) mass is 521 g/mol. The number of carbonyl (C=O) groups is 3. The molecule has 2 unspecified atom stereocenters. The van der Waals surface area contributed by atoms with Gasteiger partial charge in [-0.2, -0.15) is 15.0 Å². The van der Waals surface area contributed by atoms with Gasteiger partial charge in [0.1, 0.15) is 0 Å². The molecule has 1 aromatic heterocycles. The Morgan fingerprint density at radius 1 is 0.727 bits per heavy atom. The van der Waals surface area contributed by atoms with Gasteiger partial charge in [-0.3, -0.25) is 33.8 Å². The molecule has 6 amide bonds. The number of anilines is 3. The van der Waals surface area contributed by atoms with Crippen LogP contribution in [0.3, 0.4) is 0 Å². The Labute approximate surface area is 189 Å². The molecule has 2 aromatic rings. The van der Waals surface area contributed by atoms with Crippen molar-refractivity contribution < 1.29 is 40.3 Å². The van der Waals surface area contributed by atoms with E-state index in [9.17, 15) is 40.3 Å². The molecule has 0 aliphatic heterocycles. The molecule has 6 N–H and O–H groups in total. The molecule has 178 valence electrons. The maximum absolute atomic E-state index is 12.2. The summed E-state index contributed by atoms with van der Waals surface area (Å²) in [5.74, 6) is -2.19. The zero-order chi connectivity index (χ0) is 24.6. The topological polar surface area (TPSA) is 276 Å². The average molecular weight is 521 g/mol. The number of carbonyl (C=O) groups excluding carboxylic acids is 3. The van der Waals surface area contributed by atoms with Crippen molar-refractivity contribution in [3.05, 3.63) is 30.3 Å². The van der Waals surface area contributed by atoms with Crippen molar-refractivity contribution in [1.29, 1.82) is 0 Å². The van der Waals surface area contributed by atoms with E-state index in [1.165, 1.54) is 33.7 Å². The van der Waals surface area contributed by atoms with Crippen molar-refractivity contribution in [2.45, 2.75) is 4.90 Å². The summed E-state index contributed by atoms with van der Waals surface area (Å²) in [5, 5.41) is 5.55. The number of benzene rings is 1. The van der Waals surface area contributed by atoms with Crippen LogP contribution < -0.4 is 30.1 Å². The summed E-state index contributed by atoms with van der Waals surface area (Å²) >= 11 is -6.03. The smallest absolute Gasteiger partial charge is 0.335 e. The third-order valence-electron chi connectivity index (χ3n) is 2.94. The summed E-state index contributed by atoms with van der Waals surface area (Å²) in [6.07, 6.45) is 0. The predicted molar refractivity (Wildman–Crippen MR) is 108 cm³/mol. The van der Waals surface area contributed by atoms with Crippen LogP contribution in [0.2, 0.25) is 0 Å². The maximum Gasteiger partial charge on any atom is 0.335 e. The van der Waals surface area contributed by atoms with Gasteiger partial charge in [-0.25, -0.2) is 27.5 Å². The van der Waals surface area contributed by atoms with Gasteiger partial charge in [-0.05, 0) is 12.1 Å². The SMILES string of the molecule is O=C(Nc1nc(NC(=O)NS(=O)[O-])nc(NC(=O)NS(=O)(=O)c2ccccc2)n1)NS(=O)[O-]. The molecule has 0 bridgehead atoms. The second kappa shape index (κ2) is 11.2. The summed E-state index contributed by atoms with van der Waals surface area (Å²) in [4.78, 5) is 45.4. The van der Waals surface area contributed by atoms with Gasteiger partial charge in [0.25, 0.3) is 10.0 Å². The highest BCUT2D eigenvalue weighted by molar-refractivity contribution is 7.90. The van der Waals surface area contributed by atoms with Crippen LogP contribution in [0.5, 0.6) is 0 Å². The van der Waals surface area contributed by atoms with Gasteiger partial charge in [0.2, 0.25) is 17.8 Å². The number of rotatable bonds is 7. The summed E-state index contributed by atoms with van der Waals surface area (Å²) in [5.41, 5.74) is 0. The minimum atomic E-state index is -4.29. The molecule has 21 heteroatoms. The first-order chi connectivity index (χ1) is 15.4. The first-order valence-corrected chi connectivity index (χ1v) is 11.6. The Bertz CT molecular complexity index is 1160.